The van der Waals surface area contributed by atoms with Gasteiger partial charge in [0.1, 0.15) is 5.60 Å². The standard InChI is InChI=1S/C23H32N4O4/c1-6-21(29)26(13-12-24-22(30)31-23(3,4)5)16-20(28)19-15-27(25-17(19)2)14-18-10-8-7-9-11-18/h7-11,15H,6,12-14,16H2,1-5H3,(H,24,30). The highest BCUT2D eigenvalue weighted by Gasteiger charge is 2.21. The predicted molar refractivity (Wildman–Crippen MR) is 118 cm³/mol. The third kappa shape index (κ3) is 7.88. The van der Waals surface area contributed by atoms with E-state index in [-0.39, 0.29) is 37.7 Å². The van der Waals surface area contributed by atoms with Crippen LogP contribution in [0.2, 0.25) is 0 Å². The van der Waals surface area contributed by atoms with Crippen LogP contribution in [0.3, 0.4) is 0 Å². The Morgan fingerprint density at radius 3 is 2.45 bits per heavy atom. The third-order valence-corrected chi connectivity index (χ3v) is 4.47. The number of nitrogens with zero attached hydrogens (tertiary/aromatic N) is 3. The number of aromatic nitrogens is 2. The van der Waals surface area contributed by atoms with Crippen molar-refractivity contribution in [1.29, 1.82) is 0 Å². The van der Waals surface area contributed by atoms with E-state index >= 15 is 0 Å². The summed E-state index contributed by atoms with van der Waals surface area (Å²) in [5, 5.41) is 7.06. The van der Waals surface area contributed by atoms with E-state index in [2.05, 4.69) is 10.4 Å². The molecule has 1 aromatic carbocycles. The number of hydrogen-bond acceptors (Lipinski definition) is 5. The fourth-order valence-corrected chi connectivity index (χ4v) is 3.02. The van der Waals surface area contributed by atoms with Crippen molar-refractivity contribution in [2.75, 3.05) is 19.6 Å². The number of carbonyl (C=O) groups is 3. The van der Waals surface area contributed by atoms with E-state index < -0.39 is 11.7 Å². The summed E-state index contributed by atoms with van der Waals surface area (Å²) in [6, 6.07) is 9.86. The minimum atomic E-state index is -0.601. The van der Waals surface area contributed by atoms with Gasteiger partial charge in [0.2, 0.25) is 5.91 Å². The van der Waals surface area contributed by atoms with Gasteiger partial charge < -0.3 is 15.0 Å². The highest BCUT2D eigenvalue weighted by Crippen LogP contribution is 2.11. The number of carbonyl (C=O) groups excluding carboxylic acids is 3. The molecule has 8 nitrogen and oxygen atoms in total. The number of aryl methyl sites for hydroxylation is 1. The van der Waals surface area contributed by atoms with Gasteiger partial charge in [-0.05, 0) is 33.3 Å². The fourth-order valence-electron chi connectivity index (χ4n) is 3.02. The second-order valence-corrected chi connectivity index (χ2v) is 8.33. The average molecular weight is 429 g/mol. The molecule has 0 atom stereocenters. The summed E-state index contributed by atoms with van der Waals surface area (Å²) in [5.41, 5.74) is 1.60. The van der Waals surface area contributed by atoms with E-state index in [9.17, 15) is 14.4 Å². The van der Waals surface area contributed by atoms with Crippen LogP contribution in [-0.2, 0) is 16.1 Å². The lowest BCUT2D eigenvalue weighted by Crippen LogP contribution is -2.42. The van der Waals surface area contributed by atoms with Crippen LogP contribution in [0.25, 0.3) is 0 Å². The summed E-state index contributed by atoms with van der Waals surface area (Å²) in [5.74, 6) is -0.343. The summed E-state index contributed by atoms with van der Waals surface area (Å²) in [7, 11) is 0. The summed E-state index contributed by atoms with van der Waals surface area (Å²) in [4.78, 5) is 38.5. The number of Topliss-reactive ketones (excluding diaryl/α,β-unsaturated/α-hetero) is 1. The molecule has 2 amide bonds. The van der Waals surface area contributed by atoms with Crippen LogP contribution in [0.1, 0.15) is 55.7 Å². The molecule has 0 unspecified atom stereocenters. The minimum absolute atomic E-state index is 0.0689. The van der Waals surface area contributed by atoms with E-state index in [0.717, 1.165) is 5.56 Å². The Morgan fingerprint density at radius 2 is 1.84 bits per heavy atom. The lowest BCUT2D eigenvalue weighted by Gasteiger charge is -2.23. The normalized spacial score (nSPS) is 11.1. The molecule has 8 heteroatoms. The third-order valence-electron chi connectivity index (χ3n) is 4.47. The molecule has 0 aliphatic heterocycles. The van der Waals surface area contributed by atoms with Crippen molar-refractivity contribution in [2.45, 2.75) is 53.2 Å². The first-order valence-corrected chi connectivity index (χ1v) is 10.4. The molecular formula is C23H32N4O4. The molecule has 0 aliphatic rings. The first-order chi connectivity index (χ1) is 14.6. The Balaban J connectivity index is 1.99. The maximum Gasteiger partial charge on any atom is 0.407 e. The summed E-state index contributed by atoms with van der Waals surface area (Å²) >= 11 is 0. The first-order valence-electron chi connectivity index (χ1n) is 10.4. The molecule has 0 bridgehead atoms. The maximum absolute atomic E-state index is 12.9. The Morgan fingerprint density at radius 1 is 1.16 bits per heavy atom. The van der Waals surface area contributed by atoms with Gasteiger partial charge in [0.15, 0.2) is 5.78 Å². The highest BCUT2D eigenvalue weighted by atomic mass is 16.6. The molecule has 0 fully saturated rings. The van der Waals surface area contributed by atoms with Crippen LogP contribution in [0.5, 0.6) is 0 Å². The first kappa shape index (κ1) is 24.1. The van der Waals surface area contributed by atoms with Crippen molar-refractivity contribution < 1.29 is 19.1 Å². The van der Waals surface area contributed by atoms with Crippen LogP contribution in [0.15, 0.2) is 36.5 Å². The summed E-state index contributed by atoms with van der Waals surface area (Å²) < 4.78 is 6.92. The Kier molecular flexibility index (Phi) is 8.36. The van der Waals surface area contributed by atoms with Gasteiger partial charge in [-0.15, -0.1) is 0 Å². The Hall–Kier alpha value is -3.16. The van der Waals surface area contributed by atoms with E-state index in [0.29, 0.717) is 17.8 Å². The lowest BCUT2D eigenvalue weighted by atomic mass is 10.1. The molecule has 0 saturated carbocycles. The molecule has 0 spiro atoms. The Bertz CT molecular complexity index is 900. The van der Waals surface area contributed by atoms with Crippen molar-refractivity contribution in [3.63, 3.8) is 0 Å². The van der Waals surface area contributed by atoms with Crippen LogP contribution in [-0.4, -0.2) is 57.7 Å². The van der Waals surface area contributed by atoms with Crippen molar-refractivity contribution in [3.05, 3.63) is 53.3 Å². The van der Waals surface area contributed by atoms with E-state index in [1.165, 1.54) is 4.90 Å². The number of rotatable bonds is 9. The average Bonchev–Trinajstić information content (AvgIpc) is 3.06. The zero-order valence-electron chi connectivity index (χ0n) is 19.0. The van der Waals surface area contributed by atoms with Gasteiger partial charge >= 0.3 is 6.09 Å². The van der Waals surface area contributed by atoms with Crippen LogP contribution < -0.4 is 5.32 Å². The van der Waals surface area contributed by atoms with Crippen LogP contribution >= 0.6 is 0 Å². The van der Waals surface area contributed by atoms with Crippen LogP contribution in [0.4, 0.5) is 4.79 Å². The zero-order valence-corrected chi connectivity index (χ0v) is 19.0. The van der Waals surface area contributed by atoms with Crippen LogP contribution in [0, 0.1) is 6.92 Å². The number of hydrogen-bond donors (Lipinski definition) is 1. The van der Waals surface area contributed by atoms with Gasteiger partial charge in [0, 0.05) is 25.7 Å². The van der Waals surface area contributed by atoms with E-state index in [4.69, 9.17) is 4.74 Å². The zero-order chi connectivity index (χ0) is 23.0. The summed E-state index contributed by atoms with van der Waals surface area (Å²) in [6.07, 6.45) is 1.44. The van der Waals surface area contributed by atoms with Crippen molar-refractivity contribution in [3.8, 4) is 0 Å². The number of amides is 2. The quantitative estimate of drug-likeness (QED) is 0.619. The molecule has 2 rings (SSSR count). The molecule has 1 N–H and O–H groups in total. The number of ketones is 1. The largest absolute Gasteiger partial charge is 0.444 e. The predicted octanol–water partition coefficient (Wildman–Crippen LogP) is 3.19. The molecule has 0 radical (unpaired) electrons. The molecule has 0 aliphatic carbocycles. The number of alkyl carbamates (subject to hydrolysis) is 1. The SMILES string of the molecule is CCC(=O)N(CCNC(=O)OC(C)(C)C)CC(=O)c1cn(Cc2ccccc2)nc1C. The van der Waals surface area contributed by atoms with Crippen molar-refractivity contribution in [2.24, 2.45) is 0 Å². The minimum Gasteiger partial charge on any atom is -0.444 e. The molecular weight excluding hydrogens is 396 g/mol. The van der Waals surface area contributed by atoms with Gasteiger partial charge in [-0.1, -0.05) is 37.3 Å². The Labute approximate surface area is 183 Å². The molecule has 1 heterocycles. The second-order valence-electron chi connectivity index (χ2n) is 8.33. The summed E-state index contributed by atoms with van der Waals surface area (Å²) in [6.45, 7) is 9.76. The maximum atomic E-state index is 12.9. The van der Waals surface area contributed by atoms with Gasteiger partial charge in [-0.2, -0.15) is 5.10 Å². The lowest BCUT2D eigenvalue weighted by molar-refractivity contribution is -0.130. The topological polar surface area (TPSA) is 93.5 Å². The molecule has 0 saturated heterocycles. The second kappa shape index (κ2) is 10.7. The number of benzene rings is 1. The smallest absolute Gasteiger partial charge is 0.407 e. The van der Waals surface area contributed by atoms with Gasteiger partial charge in [-0.25, -0.2) is 4.79 Å². The molecule has 1 aromatic heterocycles. The molecule has 31 heavy (non-hydrogen) atoms. The number of ether oxygens (including phenoxy) is 1. The fraction of sp³-hybridized carbons (Fsp3) is 0.478. The highest BCUT2D eigenvalue weighted by molar-refractivity contribution is 6.00. The van der Waals surface area contributed by atoms with E-state index in [1.807, 2.05) is 30.3 Å². The monoisotopic (exact) mass is 428 g/mol. The van der Waals surface area contributed by atoms with Crippen molar-refractivity contribution >= 4 is 17.8 Å². The van der Waals surface area contributed by atoms with Crippen molar-refractivity contribution in [1.82, 2.24) is 20.0 Å². The number of nitrogens with one attached hydrogen (secondary N) is 1. The molecule has 2 aromatic rings. The van der Waals surface area contributed by atoms with Gasteiger partial charge in [0.25, 0.3) is 0 Å². The van der Waals surface area contributed by atoms with E-state index in [1.54, 1.807) is 45.5 Å². The van der Waals surface area contributed by atoms with Gasteiger partial charge in [-0.3, -0.25) is 14.3 Å². The molecule has 168 valence electrons. The van der Waals surface area contributed by atoms with Gasteiger partial charge in [0.05, 0.1) is 24.3 Å².